The van der Waals surface area contributed by atoms with Gasteiger partial charge in [-0.3, -0.25) is 4.79 Å². The third kappa shape index (κ3) is 3.44. The summed E-state index contributed by atoms with van der Waals surface area (Å²) in [7, 11) is 0. The Labute approximate surface area is 128 Å². The van der Waals surface area contributed by atoms with Crippen molar-refractivity contribution >= 4 is 29.4 Å². The van der Waals surface area contributed by atoms with Crippen molar-refractivity contribution < 1.29 is 9.53 Å². The number of amides is 1. The lowest BCUT2D eigenvalue weighted by Crippen LogP contribution is -2.37. The fourth-order valence-electron chi connectivity index (χ4n) is 2.48. The molecule has 1 unspecified atom stereocenters. The molecule has 1 atom stereocenters. The van der Waals surface area contributed by atoms with Crippen molar-refractivity contribution in [1.82, 2.24) is 5.32 Å². The van der Waals surface area contributed by atoms with E-state index in [-0.39, 0.29) is 11.2 Å². The van der Waals surface area contributed by atoms with Gasteiger partial charge in [0.25, 0.3) is 0 Å². The number of rotatable bonds is 4. The average Bonchev–Trinajstić information content (AvgIpc) is 2.95. The lowest BCUT2D eigenvalue weighted by molar-refractivity contribution is -0.120. The fraction of sp³-hybridized carbons (Fsp3) is 0.533. The van der Waals surface area contributed by atoms with Gasteiger partial charge in [0.15, 0.2) is 0 Å². The minimum Gasteiger partial charge on any atom is -0.493 e. The van der Waals surface area contributed by atoms with Gasteiger partial charge in [0, 0.05) is 30.2 Å². The summed E-state index contributed by atoms with van der Waals surface area (Å²) < 4.78 is 5.50. The number of fused-ring (bicyclic) bond motifs is 1. The monoisotopic (exact) mass is 309 g/mol. The van der Waals surface area contributed by atoms with E-state index < -0.39 is 0 Å². The van der Waals surface area contributed by atoms with Gasteiger partial charge in [0.2, 0.25) is 5.91 Å². The van der Waals surface area contributed by atoms with E-state index in [1.54, 1.807) is 11.8 Å². The lowest BCUT2D eigenvalue weighted by Gasteiger charge is -2.20. The van der Waals surface area contributed by atoms with Crippen molar-refractivity contribution in [2.45, 2.75) is 18.1 Å². The van der Waals surface area contributed by atoms with Crippen LogP contribution in [0.15, 0.2) is 18.2 Å². The molecule has 20 heavy (non-hydrogen) atoms. The van der Waals surface area contributed by atoms with Crippen LogP contribution in [0.2, 0.25) is 0 Å². The summed E-state index contributed by atoms with van der Waals surface area (Å²) in [4.78, 5) is 12.0. The Morgan fingerprint density at radius 3 is 3.20 bits per heavy atom. The van der Waals surface area contributed by atoms with Gasteiger partial charge in [-0.2, -0.15) is 11.8 Å². The molecule has 0 aliphatic carbocycles. The molecule has 1 aromatic carbocycles. The van der Waals surface area contributed by atoms with Gasteiger partial charge >= 0.3 is 0 Å². The molecule has 2 aliphatic heterocycles. The molecule has 1 saturated heterocycles. The van der Waals surface area contributed by atoms with Crippen LogP contribution in [-0.4, -0.2) is 41.6 Å². The predicted molar refractivity (Wildman–Crippen MR) is 85.9 cm³/mol. The maximum Gasteiger partial charge on any atom is 0.233 e. The molecule has 1 amide bonds. The number of hydrogen-bond acceptors (Lipinski definition) is 4. The Bertz CT molecular complexity index is 487. The minimum atomic E-state index is 0.141. The standard InChI is InChI=1S/C15H19NO2S2/c17-15(14-10-19-7-8-20-14)16-5-3-11-1-2-13-12(9-11)4-6-18-13/h1-2,9,14H,3-8,10H2,(H,16,17). The van der Waals surface area contributed by atoms with Crippen molar-refractivity contribution in [3.63, 3.8) is 0 Å². The second-order valence-electron chi connectivity index (χ2n) is 5.02. The second kappa shape index (κ2) is 6.76. The maximum absolute atomic E-state index is 12.0. The topological polar surface area (TPSA) is 38.3 Å². The van der Waals surface area contributed by atoms with Crippen molar-refractivity contribution in [2.24, 2.45) is 0 Å². The highest BCUT2D eigenvalue weighted by Crippen LogP contribution is 2.26. The zero-order valence-electron chi connectivity index (χ0n) is 11.4. The molecule has 1 aromatic rings. The number of hydrogen-bond donors (Lipinski definition) is 1. The van der Waals surface area contributed by atoms with Crippen LogP contribution in [0.4, 0.5) is 0 Å². The van der Waals surface area contributed by atoms with Gasteiger partial charge in [0.05, 0.1) is 11.9 Å². The van der Waals surface area contributed by atoms with Crippen molar-refractivity contribution in [1.29, 1.82) is 0 Å². The van der Waals surface area contributed by atoms with Crippen LogP contribution in [0.1, 0.15) is 11.1 Å². The molecule has 0 radical (unpaired) electrons. The van der Waals surface area contributed by atoms with Gasteiger partial charge in [0.1, 0.15) is 5.75 Å². The summed E-state index contributed by atoms with van der Waals surface area (Å²) in [6.07, 6.45) is 1.90. The molecule has 1 N–H and O–H groups in total. The molecule has 0 aromatic heterocycles. The smallest absolute Gasteiger partial charge is 0.233 e. The summed E-state index contributed by atoms with van der Waals surface area (Å²) in [5.41, 5.74) is 2.58. The molecule has 2 aliphatic rings. The zero-order valence-corrected chi connectivity index (χ0v) is 13.0. The van der Waals surface area contributed by atoms with Gasteiger partial charge in [-0.1, -0.05) is 12.1 Å². The van der Waals surface area contributed by atoms with Crippen LogP contribution in [0, 0.1) is 0 Å². The van der Waals surface area contributed by atoms with E-state index in [4.69, 9.17) is 4.74 Å². The third-order valence-electron chi connectivity index (χ3n) is 3.58. The van der Waals surface area contributed by atoms with Crippen LogP contribution in [0.5, 0.6) is 5.75 Å². The first-order chi connectivity index (χ1) is 9.83. The number of thioether (sulfide) groups is 2. The van der Waals surface area contributed by atoms with Crippen LogP contribution < -0.4 is 10.1 Å². The van der Waals surface area contributed by atoms with E-state index in [2.05, 4.69) is 17.4 Å². The second-order valence-corrected chi connectivity index (χ2v) is 7.48. The molecule has 1 fully saturated rings. The third-order valence-corrected chi connectivity index (χ3v) is 6.33. The predicted octanol–water partition coefficient (Wildman–Crippen LogP) is 2.13. The summed E-state index contributed by atoms with van der Waals surface area (Å²) in [6.45, 7) is 1.52. The minimum absolute atomic E-state index is 0.141. The van der Waals surface area contributed by atoms with Crippen LogP contribution >= 0.6 is 23.5 Å². The Morgan fingerprint density at radius 2 is 2.35 bits per heavy atom. The molecule has 0 bridgehead atoms. The van der Waals surface area contributed by atoms with Gasteiger partial charge in [-0.25, -0.2) is 0 Å². The number of nitrogens with one attached hydrogen (secondary N) is 1. The largest absolute Gasteiger partial charge is 0.493 e. The first kappa shape index (κ1) is 14.1. The van der Waals surface area contributed by atoms with E-state index in [1.165, 1.54) is 16.9 Å². The quantitative estimate of drug-likeness (QED) is 0.925. The Kier molecular flexibility index (Phi) is 4.78. The van der Waals surface area contributed by atoms with Crippen LogP contribution in [0.25, 0.3) is 0 Å². The Hall–Kier alpha value is -0.810. The number of ether oxygens (including phenoxy) is 1. The van der Waals surface area contributed by atoms with E-state index >= 15 is 0 Å². The zero-order chi connectivity index (χ0) is 13.8. The van der Waals surface area contributed by atoms with Crippen LogP contribution in [-0.2, 0) is 17.6 Å². The van der Waals surface area contributed by atoms with E-state index in [0.29, 0.717) is 0 Å². The molecule has 5 heteroatoms. The highest BCUT2D eigenvalue weighted by Gasteiger charge is 2.21. The summed E-state index contributed by atoms with van der Waals surface area (Å²) in [6, 6.07) is 6.36. The van der Waals surface area contributed by atoms with Crippen molar-refractivity contribution in [3.8, 4) is 5.75 Å². The van der Waals surface area contributed by atoms with Crippen molar-refractivity contribution in [2.75, 3.05) is 30.4 Å². The molecule has 108 valence electrons. The Morgan fingerprint density at radius 1 is 1.40 bits per heavy atom. The van der Waals surface area contributed by atoms with E-state index in [0.717, 1.165) is 43.2 Å². The summed E-state index contributed by atoms with van der Waals surface area (Å²) in [5.74, 6) is 4.44. The molecule has 0 spiro atoms. The SMILES string of the molecule is O=C(NCCc1ccc2c(c1)CCO2)C1CSCCS1. The van der Waals surface area contributed by atoms with E-state index in [9.17, 15) is 4.79 Å². The first-order valence-corrected chi connectivity index (χ1v) is 9.25. The molecule has 3 nitrogen and oxygen atoms in total. The molecular weight excluding hydrogens is 290 g/mol. The Balaban J connectivity index is 1.46. The summed E-state index contributed by atoms with van der Waals surface area (Å²) >= 11 is 3.66. The first-order valence-electron chi connectivity index (χ1n) is 7.04. The van der Waals surface area contributed by atoms with Crippen LogP contribution in [0.3, 0.4) is 0 Å². The fourth-order valence-corrected chi connectivity index (χ4v) is 5.06. The molecular formula is C15H19NO2S2. The van der Waals surface area contributed by atoms with Gasteiger partial charge in [-0.15, -0.1) is 11.8 Å². The summed E-state index contributed by atoms with van der Waals surface area (Å²) in [5, 5.41) is 3.21. The van der Waals surface area contributed by atoms with Gasteiger partial charge in [-0.05, 0) is 23.6 Å². The average molecular weight is 309 g/mol. The number of benzene rings is 1. The normalized spacial score (nSPS) is 21.1. The number of carbonyl (C=O) groups excluding carboxylic acids is 1. The molecule has 0 saturated carbocycles. The lowest BCUT2D eigenvalue weighted by atomic mass is 10.1. The van der Waals surface area contributed by atoms with Gasteiger partial charge < -0.3 is 10.1 Å². The molecule has 2 heterocycles. The van der Waals surface area contributed by atoms with Crippen molar-refractivity contribution in [3.05, 3.63) is 29.3 Å². The molecule has 3 rings (SSSR count). The van der Waals surface area contributed by atoms with E-state index in [1.807, 2.05) is 17.8 Å². The highest BCUT2D eigenvalue weighted by molar-refractivity contribution is 8.07. The highest BCUT2D eigenvalue weighted by atomic mass is 32.2. The number of carbonyl (C=O) groups is 1. The maximum atomic E-state index is 12.0.